The molecule has 4 heterocycles. The minimum Gasteiger partial charge on any atom is -0.333 e. The highest BCUT2D eigenvalue weighted by Gasteiger charge is 2.67. The molecule has 0 aromatic heterocycles. The van der Waals surface area contributed by atoms with Gasteiger partial charge in [-0.3, -0.25) is 0 Å². The summed E-state index contributed by atoms with van der Waals surface area (Å²) in [6, 6.07) is 0. The van der Waals surface area contributed by atoms with Crippen LogP contribution in [0.1, 0.15) is 52.9 Å². The smallest absolute Gasteiger partial charge is 0.201 e. The predicted molar refractivity (Wildman–Crippen MR) is 103 cm³/mol. The van der Waals surface area contributed by atoms with Crippen LogP contribution in [0.25, 0.3) is 0 Å². The van der Waals surface area contributed by atoms with E-state index in [2.05, 4.69) is 45.0 Å². The van der Waals surface area contributed by atoms with Crippen LogP contribution < -0.4 is 0 Å². The maximum absolute atomic E-state index is 6.52. The van der Waals surface area contributed by atoms with Gasteiger partial charge in [-0.1, -0.05) is 39.4 Å². The summed E-state index contributed by atoms with van der Waals surface area (Å²) in [5.41, 5.74) is 3.05. The summed E-state index contributed by atoms with van der Waals surface area (Å²) in [7, 11) is -1.45. The van der Waals surface area contributed by atoms with Crippen molar-refractivity contribution in [3.63, 3.8) is 0 Å². The molecule has 0 radical (unpaired) electrons. The molecule has 1 saturated carbocycles. The molecule has 1 aliphatic carbocycles. The topological polar surface area (TPSA) is 36.9 Å². The van der Waals surface area contributed by atoms with Crippen LogP contribution in [0.5, 0.6) is 0 Å². The van der Waals surface area contributed by atoms with Crippen LogP contribution in [0.3, 0.4) is 0 Å². The second-order valence-electron chi connectivity index (χ2n) is 10.3. The Kier molecular flexibility index (Phi) is 4.61. The van der Waals surface area contributed by atoms with Gasteiger partial charge in [0.2, 0.25) is 5.79 Å². The molecule has 0 amide bonds. The summed E-state index contributed by atoms with van der Waals surface area (Å²) in [5, 5.41) is 0. The average Bonchev–Trinajstić information content (AvgIpc) is 2.52. The lowest BCUT2D eigenvalue weighted by atomic mass is 9.57. The molecule has 5 heteroatoms. The molecule has 1 unspecified atom stereocenters. The lowest BCUT2D eigenvalue weighted by Crippen LogP contribution is -2.72. The Hall–Kier alpha value is -0.383. The summed E-state index contributed by atoms with van der Waals surface area (Å²) >= 11 is 0. The van der Waals surface area contributed by atoms with E-state index in [0.717, 1.165) is 25.7 Å². The standard InChI is InChI=1S/C21H34O4Si/c1-14-12-16-8-7-10-20(3)23-19-21(16,25-24-20)17(13-14)15(2)18(22-19)9-11-26(4,5)6/h14-19H,7-8,10,12-13H2,1-6H3/t14-,15+,16-,17-,18+,19+,20?,21+/m0/s1. The molecule has 5 aliphatic rings. The third-order valence-corrected chi connectivity index (χ3v) is 7.70. The SMILES string of the molecule is C[C@H]1C[C@@H]2CCCC3(C)OO[C@]24[C@H](O[C@H](C#C[Si](C)(C)C)[C@H](C)[C@@H]4C1)O3. The molecule has 1 spiro atoms. The second kappa shape index (κ2) is 6.32. The second-order valence-corrected chi connectivity index (χ2v) is 15.1. The minimum atomic E-state index is -1.45. The molecule has 0 aromatic carbocycles. The van der Waals surface area contributed by atoms with Crippen LogP contribution in [0.2, 0.25) is 19.6 Å². The summed E-state index contributed by atoms with van der Waals surface area (Å²) in [6.45, 7) is 13.5. The van der Waals surface area contributed by atoms with Crippen molar-refractivity contribution in [3.05, 3.63) is 0 Å². The summed E-state index contributed by atoms with van der Waals surface area (Å²) in [4.78, 5) is 12.1. The van der Waals surface area contributed by atoms with E-state index in [-0.39, 0.29) is 12.4 Å². The number of ether oxygens (including phenoxy) is 2. The molecular formula is C21H34O4Si. The van der Waals surface area contributed by atoms with Crippen molar-refractivity contribution in [2.45, 2.75) is 96.3 Å². The Balaban J connectivity index is 1.73. The fourth-order valence-corrected chi connectivity index (χ4v) is 6.09. The Labute approximate surface area is 159 Å². The first kappa shape index (κ1) is 19.0. The van der Waals surface area contributed by atoms with E-state index in [1.807, 2.05) is 6.92 Å². The molecule has 2 bridgehead atoms. The zero-order valence-electron chi connectivity index (χ0n) is 17.1. The van der Waals surface area contributed by atoms with Crippen LogP contribution in [-0.2, 0) is 19.2 Å². The third-order valence-electron chi connectivity index (χ3n) is 6.80. The van der Waals surface area contributed by atoms with Gasteiger partial charge in [0.05, 0.1) is 0 Å². The molecule has 146 valence electrons. The molecule has 0 aromatic rings. The van der Waals surface area contributed by atoms with Crippen molar-refractivity contribution in [2.75, 3.05) is 0 Å². The molecule has 26 heavy (non-hydrogen) atoms. The fourth-order valence-electron chi connectivity index (χ4n) is 5.52. The lowest BCUT2D eigenvalue weighted by Gasteiger charge is -2.62. The van der Waals surface area contributed by atoms with Crippen LogP contribution in [0.15, 0.2) is 0 Å². The van der Waals surface area contributed by atoms with Crippen molar-refractivity contribution < 1.29 is 19.2 Å². The monoisotopic (exact) mass is 378 g/mol. The van der Waals surface area contributed by atoms with Crippen LogP contribution >= 0.6 is 0 Å². The van der Waals surface area contributed by atoms with E-state index in [1.165, 1.54) is 6.42 Å². The first-order valence-corrected chi connectivity index (χ1v) is 13.9. The van der Waals surface area contributed by atoms with E-state index in [1.54, 1.807) is 0 Å². The van der Waals surface area contributed by atoms with Gasteiger partial charge in [-0.2, -0.15) is 0 Å². The Morgan fingerprint density at radius 3 is 2.58 bits per heavy atom. The van der Waals surface area contributed by atoms with Gasteiger partial charge in [0.25, 0.3) is 0 Å². The van der Waals surface area contributed by atoms with Gasteiger partial charge < -0.3 is 9.47 Å². The molecule has 0 N–H and O–H groups in total. The molecule has 5 rings (SSSR count). The predicted octanol–water partition coefficient (Wildman–Crippen LogP) is 4.51. The van der Waals surface area contributed by atoms with Crippen LogP contribution in [-0.4, -0.2) is 31.9 Å². The number of hydrogen-bond donors (Lipinski definition) is 0. The number of hydrogen-bond acceptors (Lipinski definition) is 4. The van der Waals surface area contributed by atoms with E-state index in [9.17, 15) is 0 Å². The van der Waals surface area contributed by atoms with Crippen molar-refractivity contribution in [2.24, 2.45) is 23.7 Å². The molecular weight excluding hydrogens is 344 g/mol. The van der Waals surface area contributed by atoms with Crippen molar-refractivity contribution in [3.8, 4) is 11.5 Å². The van der Waals surface area contributed by atoms with Crippen molar-refractivity contribution in [1.29, 1.82) is 0 Å². The summed E-state index contributed by atoms with van der Waals surface area (Å²) < 4.78 is 12.9. The maximum atomic E-state index is 6.52. The summed E-state index contributed by atoms with van der Waals surface area (Å²) in [5.74, 6) is 4.58. The van der Waals surface area contributed by atoms with E-state index < -0.39 is 19.5 Å². The van der Waals surface area contributed by atoms with Gasteiger partial charge in [-0.25, -0.2) is 9.78 Å². The molecule has 5 fully saturated rings. The highest BCUT2D eigenvalue weighted by Crippen LogP contribution is 2.59. The van der Waals surface area contributed by atoms with E-state index in [4.69, 9.17) is 19.2 Å². The average molecular weight is 379 g/mol. The largest absolute Gasteiger partial charge is 0.333 e. The van der Waals surface area contributed by atoms with E-state index in [0.29, 0.717) is 23.7 Å². The fraction of sp³-hybridized carbons (Fsp3) is 0.905. The van der Waals surface area contributed by atoms with Crippen LogP contribution in [0.4, 0.5) is 0 Å². The van der Waals surface area contributed by atoms with Gasteiger partial charge in [0, 0.05) is 12.3 Å². The van der Waals surface area contributed by atoms with Gasteiger partial charge >= 0.3 is 0 Å². The molecule has 8 atom stereocenters. The molecule has 4 nitrogen and oxygen atoms in total. The van der Waals surface area contributed by atoms with Gasteiger partial charge in [-0.15, -0.1) is 5.54 Å². The quantitative estimate of drug-likeness (QED) is 0.353. The van der Waals surface area contributed by atoms with Crippen LogP contribution in [0, 0.1) is 35.1 Å². The Morgan fingerprint density at radius 2 is 1.85 bits per heavy atom. The van der Waals surface area contributed by atoms with E-state index >= 15 is 0 Å². The molecule has 4 aliphatic heterocycles. The van der Waals surface area contributed by atoms with Crippen molar-refractivity contribution >= 4 is 8.07 Å². The number of fused-ring (bicyclic) bond motifs is 3. The maximum Gasteiger partial charge on any atom is 0.201 e. The highest BCUT2D eigenvalue weighted by atomic mass is 28.3. The zero-order chi connectivity index (χ0) is 18.7. The lowest BCUT2D eigenvalue weighted by molar-refractivity contribution is -0.583. The number of rotatable bonds is 0. The summed E-state index contributed by atoms with van der Waals surface area (Å²) in [6.07, 6.45) is 4.97. The van der Waals surface area contributed by atoms with Gasteiger partial charge in [0.1, 0.15) is 14.2 Å². The van der Waals surface area contributed by atoms with Crippen molar-refractivity contribution in [1.82, 2.24) is 0 Å². The zero-order valence-corrected chi connectivity index (χ0v) is 18.1. The Bertz CT molecular complexity index is 620. The first-order valence-electron chi connectivity index (χ1n) is 10.4. The normalized spacial score (nSPS) is 50.8. The minimum absolute atomic E-state index is 0.0822. The molecule has 4 saturated heterocycles. The van der Waals surface area contributed by atoms with Gasteiger partial charge in [0.15, 0.2) is 11.9 Å². The highest BCUT2D eigenvalue weighted by molar-refractivity contribution is 6.83. The third kappa shape index (κ3) is 3.08. The first-order chi connectivity index (χ1) is 12.1. The van der Waals surface area contributed by atoms with Gasteiger partial charge in [-0.05, 0) is 50.4 Å². The Morgan fingerprint density at radius 1 is 1.08 bits per heavy atom.